The van der Waals surface area contributed by atoms with Gasteiger partial charge in [0.2, 0.25) is 0 Å². The Bertz CT molecular complexity index is 336. The molecule has 0 fully saturated rings. The molecule has 2 N–H and O–H groups in total. The highest BCUT2D eigenvalue weighted by atomic mass is 32.2. The number of hydrogen-bond acceptors (Lipinski definition) is 3. The third kappa shape index (κ3) is 6.16. The Balaban J connectivity index is 4.37. The van der Waals surface area contributed by atoms with Crippen molar-refractivity contribution in [2.45, 2.75) is 37.9 Å². The average Bonchev–Trinajstić information content (AvgIpc) is 2.11. The zero-order valence-corrected chi connectivity index (χ0v) is 9.91. The molecule has 0 rings (SSSR count). The second-order valence-electron chi connectivity index (χ2n) is 3.87. The summed E-state index contributed by atoms with van der Waals surface area (Å²) in [7, 11) is -3.93. The van der Waals surface area contributed by atoms with Crippen molar-refractivity contribution in [1.82, 2.24) is 0 Å². The van der Waals surface area contributed by atoms with Gasteiger partial charge in [-0.3, -0.25) is 0 Å². The molecule has 0 heterocycles. The molecule has 0 saturated carbocycles. The highest BCUT2D eigenvalue weighted by molar-refractivity contribution is 7.91. The molecule has 0 aliphatic heterocycles. The van der Waals surface area contributed by atoms with Crippen LogP contribution in [0.1, 0.15) is 19.8 Å². The molecule has 0 aromatic rings. The zero-order valence-electron chi connectivity index (χ0n) is 9.10. The Hall–Kier alpha value is -0.440. The third-order valence-electron chi connectivity index (χ3n) is 2.03. The quantitative estimate of drug-likeness (QED) is 0.755. The first-order valence-corrected chi connectivity index (χ1v) is 6.60. The van der Waals surface area contributed by atoms with Gasteiger partial charge in [-0.1, -0.05) is 0 Å². The Labute approximate surface area is 96.1 Å². The van der Waals surface area contributed by atoms with Crippen molar-refractivity contribution in [2.75, 3.05) is 11.5 Å². The molecule has 0 aliphatic rings. The normalized spacial score (nSPS) is 15.9. The predicted molar refractivity (Wildman–Crippen MR) is 52.5 cm³/mol. The number of sulfone groups is 1. The van der Waals surface area contributed by atoms with E-state index < -0.39 is 45.9 Å². The number of alkyl halides is 5. The van der Waals surface area contributed by atoms with Gasteiger partial charge in [0.25, 0.3) is 0 Å². The summed E-state index contributed by atoms with van der Waals surface area (Å²) in [6.45, 7) is 1.51. The SMILES string of the molecule is CC(N)CCS(=O)(=O)CCC(F)(F)C(F)(F)F. The standard InChI is InChI=1S/C8H14F5NO2S/c1-6(14)2-4-17(15,16)5-3-7(9,10)8(11,12)13/h6H,2-5,14H2,1H3. The van der Waals surface area contributed by atoms with Crippen LogP contribution in [0.25, 0.3) is 0 Å². The van der Waals surface area contributed by atoms with Gasteiger partial charge in [0, 0.05) is 12.5 Å². The predicted octanol–water partition coefficient (Wildman–Crippen LogP) is 1.73. The molecule has 1 unspecified atom stereocenters. The highest BCUT2D eigenvalue weighted by Gasteiger charge is 2.57. The molecular formula is C8H14F5NO2S. The number of rotatable bonds is 6. The fraction of sp³-hybridized carbons (Fsp3) is 1.00. The van der Waals surface area contributed by atoms with E-state index >= 15 is 0 Å². The van der Waals surface area contributed by atoms with E-state index in [-0.39, 0.29) is 6.42 Å². The van der Waals surface area contributed by atoms with Crippen LogP contribution < -0.4 is 5.73 Å². The first-order valence-electron chi connectivity index (χ1n) is 4.78. The van der Waals surface area contributed by atoms with Crippen LogP contribution in [-0.4, -0.2) is 38.1 Å². The van der Waals surface area contributed by atoms with Crippen LogP contribution in [0.5, 0.6) is 0 Å². The number of nitrogens with two attached hydrogens (primary N) is 1. The molecule has 0 radical (unpaired) electrons. The first-order chi connectivity index (χ1) is 7.37. The van der Waals surface area contributed by atoms with Gasteiger partial charge in [0.1, 0.15) is 0 Å². The van der Waals surface area contributed by atoms with Gasteiger partial charge in [-0.2, -0.15) is 22.0 Å². The smallest absolute Gasteiger partial charge is 0.328 e. The lowest BCUT2D eigenvalue weighted by Gasteiger charge is -2.19. The van der Waals surface area contributed by atoms with E-state index in [4.69, 9.17) is 5.73 Å². The molecule has 0 aromatic carbocycles. The molecule has 0 spiro atoms. The third-order valence-corrected chi connectivity index (χ3v) is 3.71. The van der Waals surface area contributed by atoms with Crippen molar-refractivity contribution in [3.05, 3.63) is 0 Å². The molecule has 0 bridgehead atoms. The van der Waals surface area contributed by atoms with Gasteiger partial charge in [0.05, 0.1) is 11.5 Å². The molecule has 9 heteroatoms. The van der Waals surface area contributed by atoms with E-state index in [2.05, 4.69) is 0 Å². The van der Waals surface area contributed by atoms with Crippen molar-refractivity contribution >= 4 is 9.84 Å². The maximum absolute atomic E-state index is 12.4. The molecule has 17 heavy (non-hydrogen) atoms. The summed E-state index contributed by atoms with van der Waals surface area (Å²) in [4.78, 5) is 0. The van der Waals surface area contributed by atoms with Gasteiger partial charge < -0.3 is 5.73 Å². The summed E-state index contributed by atoms with van der Waals surface area (Å²) >= 11 is 0. The summed E-state index contributed by atoms with van der Waals surface area (Å²) in [5, 5.41) is 0. The van der Waals surface area contributed by atoms with Crippen LogP contribution in [-0.2, 0) is 9.84 Å². The molecule has 1 atom stereocenters. The second kappa shape index (κ2) is 5.47. The summed E-state index contributed by atoms with van der Waals surface area (Å²) < 4.78 is 82.5. The molecule has 0 amide bonds. The van der Waals surface area contributed by atoms with Gasteiger partial charge in [-0.25, -0.2) is 8.42 Å². The van der Waals surface area contributed by atoms with E-state index in [0.29, 0.717) is 0 Å². The maximum Gasteiger partial charge on any atom is 0.453 e. The zero-order chi connectivity index (χ0) is 13.9. The summed E-state index contributed by atoms with van der Waals surface area (Å²) in [5.74, 6) is -6.67. The molecular weight excluding hydrogens is 269 g/mol. The van der Waals surface area contributed by atoms with E-state index in [1.54, 1.807) is 0 Å². The number of halogens is 5. The van der Waals surface area contributed by atoms with Crippen molar-refractivity contribution in [1.29, 1.82) is 0 Å². The lowest BCUT2D eigenvalue weighted by atomic mass is 10.2. The van der Waals surface area contributed by atoms with Gasteiger partial charge in [-0.15, -0.1) is 0 Å². The van der Waals surface area contributed by atoms with Gasteiger partial charge in [0.15, 0.2) is 9.84 Å². The Morgan fingerprint density at radius 3 is 1.94 bits per heavy atom. The van der Waals surface area contributed by atoms with E-state index in [0.717, 1.165) is 0 Å². The van der Waals surface area contributed by atoms with E-state index in [1.807, 2.05) is 0 Å². The van der Waals surface area contributed by atoms with Crippen molar-refractivity contribution in [2.24, 2.45) is 5.73 Å². The van der Waals surface area contributed by atoms with Crippen LogP contribution in [0, 0.1) is 0 Å². The van der Waals surface area contributed by atoms with Crippen LogP contribution in [0.3, 0.4) is 0 Å². The van der Waals surface area contributed by atoms with Crippen LogP contribution in [0.2, 0.25) is 0 Å². The van der Waals surface area contributed by atoms with E-state index in [1.165, 1.54) is 6.92 Å². The average molecular weight is 283 g/mol. The topological polar surface area (TPSA) is 60.2 Å². The molecule has 0 aliphatic carbocycles. The Kier molecular flexibility index (Phi) is 5.33. The molecule has 0 saturated heterocycles. The van der Waals surface area contributed by atoms with Crippen molar-refractivity contribution in [3.8, 4) is 0 Å². The lowest BCUT2D eigenvalue weighted by Crippen LogP contribution is -2.38. The first kappa shape index (κ1) is 16.6. The second-order valence-corrected chi connectivity index (χ2v) is 6.17. The lowest BCUT2D eigenvalue weighted by molar-refractivity contribution is -0.282. The number of hydrogen-bond donors (Lipinski definition) is 1. The van der Waals surface area contributed by atoms with Crippen molar-refractivity contribution in [3.63, 3.8) is 0 Å². The largest absolute Gasteiger partial charge is 0.453 e. The minimum absolute atomic E-state index is 0.0277. The van der Waals surface area contributed by atoms with Gasteiger partial charge >= 0.3 is 12.1 Å². The molecule has 3 nitrogen and oxygen atoms in total. The Morgan fingerprint density at radius 2 is 1.59 bits per heavy atom. The van der Waals surface area contributed by atoms with Crippen LogP contribution in [0.15, 0.2) is 0 Å². The molecule has 104 valence electrons. The summed E-state index contributed by atoms with van der Waals surface area (Å²) in [6.07, 6.45) is -7.44. The minimum Gasteiger partial charge on any atom is -0.328 e. The fourth-order valence-electron chi connectivity index (χ4n) is 0.893. The van der Waals surface area contributed by atoms with Gasteiger partial charge in [-0.05, 0) is 13.3 Å². The van der Waals surface area contributed by atoms with Crippen LogP contribution >= 0.6 is 0 Å². The maximum atomic E-state index is 12.4. The van der Waals surface area contributed by atoms with Crippen LogP contribution in [0.4, 0.5) is 22.0 Å². The monoisotopic (exact) mass is 283 g/mol. The fourth-order valence-corrected chi connectivity index (χ4v) is 2.40. The summed E-state index contributed by atoms with van der Waals surface area (Å²) in [5.41, 5.74) is 5.26. The summed E-state index contributed by atoms with van der Waals surface area (Å²) in [6, 6.07) is -0.451. The minimum atomic E-state index is -5.72. The van der Waals surface area contributed by atoms with E-state index in [9.17, 15) is 30.4 Å². The Morgan fingerprint density at radius 1 is 1.12 bits per heavy atom. The highest BCUT2D eigenvalue weighted by Crippen LogP contribution is 2.38. The molecule has 0 aromatic heterocycles. The van der Waals surface area contributed by atoms with Crippen molar-refractivity contribution < 1.29 is 30.4 Å².